The molecular weight excluding hydrogens is 364 g/mol. The SMILES string of the molecule is CCc1ccc(N2C(=S)N[C@H](c3ccccn3)[C@@H]2c2cccn2C(C)C)cc1. The van der Waals surface area contributed by atoms with E-state index in [1.807, 2.05) is 18.3 Å². The maximum atomic E-state index is 5.80. The highest BCUT2D eigenvalue weighted by atomic mass is 32.1. The summed E-state index contributed by atoms with van der Waals surface area (Å²) in [5.74, 6) is 0. The van der Waals surface area contributed by atoms with Gasteiger partial charge in [-0.3, -0.25) is 4.98 Å². The van der Waals surface area contributed by atoms with E-state index in [0.29, 0.717) is 6.04 Å². The molecule has 0 radical (unpaired) electrons. The van der Waals surface area contributed by atoms with Crippen LogP contribution in [0, 0.1) is 0 Å². The van der Waals surface area contributed by atoms with Crippen LogP contribution in [0.4, 0.5) is 5.69 Å². The normalized spacial score (nSPS) is 19.3. The lowest BCUT2D eigenvalue weighted by molar-refractivity contribution is 0.497. The van der Waals surface area contributed by atoms with Crippen molar-refractivity contribution in [1.82, 2.24) is 14.9 Å². The van der Waals surface area contributed by atoms with Crippen molar-refractivity contribution in [3.05, 3.63) is 83.9 Å². The summed E-state index contributed by atoms with van der Waals surface area (Å²) in [5.41, 5.74) is 4.66. The largest absolute Gasteiger partial charge is 0.351 e. The van der Waals surface area contributed by atoms with Crippen molar-refractivity contribution in [3.8, 4) is 0 Å². The quantitative estimate of drug-likeness (QED) is 0.607. The Kier molecular flexibility index (Phi) is 5.18. The zero-order chi connectivity index (χ0) is 19.7. The number of thiocarbonyl (C=S) groups is 1. The molecule has 28 heavy (non-hydrogen) atoms. The fourth-order valence-electron chi connectivity index (χ4n) is 3.95. The molecule has 1 fully saturated rings. The molecule has 0 aliphatic carbocycles. The minimum atomic E-state index is -0.00745. The van der Waals surface area contributed by atoms with Gasteiger partial charge in [-0.15, -0.1) is 0 Å². The van der Waals surface area contributed by atoms with Gasteiger partial charge in [-0.25, -0.2) is 0 Å². The van der Waals surface area contributed by atoms with Crippen molar-refractivity contribution in [2.75, 3.05) is 4.90 Å². The van der Waals surface area contributed by atoms with Crippen LogP contribution in [0.25, 0.3) is 0 Å². The lowest BCUT2D eigenvalue weighted by Crippen LogP contribution is -2.30. The summed E-state index contributed by atoms with van der Waals surface area (Å²) in [5, 5.41) is 4.27. The van der Waals surface area contributed by atoms with Gasteiger partial charge in [0.05, 0.1) is 11.7 Å². The smallest absolute Gasteiger partial charge is 0.174 e. The van der Waals surface area contributed by atoms with Crippen LogP contribution in [0.1, 0.15) is 55.8 Å². The molecule has 1 aliphatic rings. The summed E-state index contributed by atoms with van der Waals surface area (Å²) in [7, 11) is 0. The molecular formula is C23H26N4S. The summed E-state index contributed by atoms with van der Waals surface area (Å²) < 4.78 is 2.32. The van der Waals surface area contributed by atoms with E-state index in [1.165, 1.54) is 11.3 Å². The summed E-state index contributed by atoms with van der Waals surface area (Å²) in [6, 6.07) is 19.5. The topological polar surface area (TPSA) is 33.1 Å². The van der Waals surface area contributed by atoms with E-state index in [2.05, 4.69) is 89.2 Å². The van der Waals surface area contributed by atoms with Crippen LogP contribution >= 0.6 is 12.2 Å². The van der Waals surface area contributed by atoms with Crippen molar-refractivity contribution in [2.45, 2.75) is 45.3 Å². The Bertz CT molecular complexity index is 946. The maximum absolute atomic E-state index is 5.80. The van der Waals surface area contributed by atoms with Crippen molar-refractivity contribution in [1.29, 1.82) is 0 Å². The molecule has 1 aromatic carbocycles. The second-order valence-electron chi connectivity index (χ2n) is 7.45. The molecule has 4 nitrogen and oxygen atoms in total. The lowest BCUT2D eigenvalue weighted by Gasteiger charge is -2.30. The van der Waals surface area contributed by atoms with Gasteiger partial charge in [-0.2, -0.15) is 0 Å². The van der Waals surface area contributed by atoms with E-state index in [4.69, 9.17) is 12.2 Å². The number of aryl methyl sites for hydroxylation is 1. The minimum absolute atomic E-state index is 0.00745. The molecule has 2 atom stereocenters. The number of nitrogens with one attached hydrogen (secondary N) is 1. The van der Waals surface area contributed by atoms with Gasteiger partial charge in [0.15, 0.2) is 5.11 Å². The predicted octanol–water partition coefficient (Wildman–Crippen LogP) is 5.20. The van der Waals surface area contributed by atoms with Crippen LogP contribution in [0.3, 0.4) is 0 Å². The molecule has 0 bridgehead atoms. The van der Waals surface area contributed by atoms with E-state index in [1.54, 1.807) is 0 Å². The first-order chi connectivity index (χ1) is 13.6. The molecule has 0 spiro atoms. The molecule has 0 saturated carbocycles. The highest BCUT2D eigenvalue weighted by molar-refractivity contribution is 7.80. The molecule has 0 unspecified atom stereocenters. The fourth-order valence-corrected chi connectivity index (χ4v) is 4.30. The number of hydrogen-bond acceptors (Lipinski definition) is 2. The van der Waals surface area contributed by atoms with E-state index in [9.17, 15) is 0 Å². The lowest BCUT2D eigenvalue weighted by atomic mass is 10.0. The van der Waals surface area contributed by atoms with Gasteiger partial charge in [-0.1, -0.05) is 25.1 Å². The van der Waals surface area contributed by atoms with Crippen LogP contribution in [-0.4, -0.2) is 14.7 Å². The Balaban J connectivity index is 1.83. The molecule has 5 heteroatoms. The van der Waals surface area contributed by atoms with Crippen LogP contribution < -0.4 is 10.2 Å². The summed E-state index contributed by atoms with van der Waals surface area (Å²) in [6.45, 7) is 6.59. The van der Waals surface area contributed by atoms with Gasteiger partial charge >= 0.3 is 0 Å². The van der Waals surface area contributed by atoms with E-state index in [-0.39, 0.29) is 12.1 Å². The number of pyridine rings is 1. The van der Waals surface area contributed by atoms with Gasteiger partial charge in [0.2, 0.25) is 0 Å². The third kappa shape index (κ3) is 3.31. The number of rotatable bonds is 5. The molecule has 4 rings (SSSR count). The molecule has 1 saturated heterocycles. The maximum Gasteiger partial charge on any atom is 0.174 e. The number of aromatic nitrogens is 2. The van der Waals surface area contributed by atoms with Crippen molar-refractivity contribution in [3.63, 3.8) is 0 Å². The second-order valence-corrected chi connectivity index (χ2v) is 7.84. The number of benzene rings is 1. The number of anilines is 1. The Morgan fingerprint density at radius 3 is 2.50 bits per heavy atom. The van der Waals surface area contributed by atoms with E-state index in [0.717, 1.165) is 22.9 Å². The molecule has 3 heterocycles. The molecule has 1 aliphatic heterocycles. The van der Waals surface area contributed by atoms with Gasteiger partial charge in [0, 0.05) is 29.8 Å². The minimum Gasteiger partial charge on any atom is -0.351 e. The molecule has 144 valence electrons. The standard InChI is InChI=1S/C23H26N4S/c1-4-17-10-12-18(13-11-17)27-22(20-9-7-15-26(20)16(2)3)21(25-23(27)28)19-8-5-6-14-24-19/h5-16,21-22H,4H2,1-3H3,(H,25,28)/t21-,22+/m1/s1. The second kappa shape index (κ2) is 7.76. The predicted molar refractivity (Wildman–Crippen MR) is 119 cm³/mol. The Hall–Kier alpha value is -2.66. The van der Waals surface area contributed by atoms with Gasteiger partial charge in [0.1, 0.15) is 6.04 Å². The van der Waals surface area contributed by atoms with Crippen LogP contribution in [0.15, 0.2) is 67.0 Å². The third-order valence-electron chi connectivity index (χ3n) is 5.39. The first kappa shape index (κ1) is 18.7. The first-order valence-electron chi connectivity index (χ1n) is 9.86. The van der Waals surface area contributed by atoms with Crippen molar-refractivity contribution < 1.29 is 0 Å². The monoisotopic (exact) mass is 390 g/mol. The Morgan fingerprint density at radius 1 is 1.07 bits per heavy atom. The van der Waals surface area contributed by atoms with Crippen LogP contribution in [-0.2, 0) is 6.42 Å². The summed E-state index contributed by atoms with van der Waals surface area (Å²) in [6.07, 6.45) is 5.02. The molecule has 0 amide bonds. The molecule has 1 N–H and O–H groups in total. The van der Waals surface area contributed by atoms with Crippen LogP contribution in [0.5, 0.6) is 0 Å². The van der Waals surface area contributed by atoms with Gasteiger partial charge in [0.25, 0.3) is 0 Å². The Morgan fingerprint density at radius 2 is 1.86 bits per heavy atom. The first-order valence-corrected chi connectivity index (χ1v) is 10.3. The number of hydrogen-bond donors (Lipinski definition) is 1. The highest BCUT2D eigenvalue weighted by Crippen LogP contribution is 2.42. The average molecular weight is 391 g/mol. The highest BCUT2D eigenvalue weighted by Gasteiger charge is 2.42. The fraction of sp³-hybridized carbons (Fsp3) is 0.304. The zero-order valence-electron chi connectivity index (χ0n) is 16.5. The van der Waals surface area contributed by atoms with Crippen molar-refractivity contribution >= 4 is 23.0 Å². The zero-order valence-corrected chi connectivity index (χ0v) is 17.4. The molecule has 2 aromatic heterocycles. The van der Waals surface area contributed by atoms with E-state index < -0.39 is 0 Å². The summed E-state index contributed by atoms with van der Waals surface area (Å²) in [4.78, 5) is 6.87. The Labute approximate surface area is 172 Å². The van der Waals surface area contributed by atoms with E-state index >= 15 is 0 Å². The van der Waals surface area contributed by atoms with Crippen molar-refractivity contribution in [2.24, 2.45) is 0 Å². The average Bonchev–Trinajstić information content (AvgIpc) is 3.33. The number of nitrogens with zero attached hydrogens (tertiary/aromatic N) is 3. The molecule has 3 aromatic rings. The van der Waals surface area contributed by atoms with Gasteiger partial charge < -0.3 is 14.8 Å². The van der Waals surface area contributed by atoms with Gasteiger partial charge in [-0.05, 0) is 74.4 Å². The third-order valence-corrected chi connectivity index (χ3v) is 5.71. The summed E-state index contributed by atoms with van der Waals surface area (Å²) >= 11 is 5.80. The van der Waals surface area contributed by atoms with Crippen LogP contribution in [0.2, 0.25) is 0 Å².